The quantitative estimate of drug-likeness (QED) is 0.0836. The molecule has 0 spiro atoms. The van der Waals surface area contributed by atoms with Crippen molar-refractivity contribution in [3.05, 3.63) is 102 Å². The summed E-state index contributed by atoms with van der Waals surface area (Å²) in [5, 5.41) is 9.21. The fraction of sp³-hybridized carbons (Fsp3) is 0.356. The number of imidazole rings is 2. The Kier molecular flexibility index (Phi) is 12.1. The van der Waals surface area contributed by atoms with Gasteiger partial charge in [0.05, 0.1) is 53.2 Å². The van der Waals surface area contributed by atoms with E-state index in [-0.39, 0.29) is 35.8 Å². The van der Waals surface area contributed by atoms with Gasteiger partial charge in [0.15, 0.2) is 0 Å². The van der Waals surface area contributed by atoms with Crippen LogP contribution in [0.25, 0.3) is 43.3 Å². The van der Waals surface area contributed by atoms with Crippen LogP contribution >= 0.6 is 11.3 Å². The number of carbonyl (C=O) groups is 4. The van der Waals surface area contributed by atoms with Crippen molar-refractivity contribution in [1.29, 1.82) is 0 Å². The largest absolute Gasteiger partial charge is 0.453 e. The normalized spacial score (nSPS) is 17.4. The number of aromatic nitrogens is 5. The summed E-state index contributed by atoms with van der Waals surface area (Å²) < 4.78 is 5.80. The van der Waals surface area contributed by atoms with E-state index >= 15 is 0 Å². The van der Waals surface area contributed by atoms with Gasteiger partial charge in [-0.05, 0) is 61.8 Å². The van der Waals surface area contributed by atoms with Gasteiger partial charge in [-0.3, -0.25) is 9.59 Å². The zero-order chi connectivity index (χ0) is 42.6. The van der Waals surface area contributed by atoms with E-state index in [0.29, 0.717) is 31.3 Å². The SMILES string of the molecule is CCNC(=O)N[C@@H](C(=O)N1CCC[C@H]1c1ncc(-c2ccc3nc(-c4ccc(-c5cnc([C@@H]6CCCN6C(=O)[C@@H](NC(=O)OC)C(C)C)[nH]5)cc4)sc3c2)[nH]1)c1ccccc1. The first kappa shape index (κ1) is 41.2. The van der Waals surface area contributed by atoms with Gasteiger partial charge in [0, 0.05) is 30.8 Å². The maximum Gasteiger partial charge on any atom is 0.407 e. The first-order valence-corrected chi connectivity index (χ1v) is 21.6. The van der Waals surface area contributed by atoms with Crippen LogP contribution in [-0.4, -0.2) is 91.4 Å². The van der Waals surface area contributed by atoms with E-state index in [0.717, 1.165) is 74.5 Å². The number of aromatic amines is 2. The summed E-state index contributed by atoms with van der Waals surface area (Å²) in [6.45, 7) is 7.24. The van der Waals surface area contributed by atoms with Gasteiger partial charge >= 0.3 is 12.1 Å². The highest BCUT2D eigenvalue weighted by molar-refractivity contribution is 7.21. The third-order valence-electron chi connectivity index (χ3n) is 11.4. The Bertz CT molecular complexity index is 2520. The van der Waals surface area contributed by atoms with E-state index in [9.17, 15) is 19.2 Å². The average Bonchev–Trinajstić information content (AvgIpc) is 4.13. The molecule has 2 aliphatic rings. The Labute approximate surface area is 357 Å². The number of rotatable bonds is 12. The summed E-state index contributed by atoms with van der Waals surface area (Å²) in [5.74, 6) is 0.999. The Morgan fingerprint density at radius 1 is 0.803 bits per heavy atom. The minimum Gasteiger partial charge on any atom is -0.453 e. The molecular formula is C45H50N10O5S. The number of methoxy groups -OCH3 is 1. The molecule has 5 N–H and O–H groups in total. The minimum atomic E-state index is -0.824. The Morgan fingerprint density at radius 2 is 1.41 bits per heavy atom. The Morgan fingerprint density at radius 3 is 2.03 bits per heavy atom. The van der Waals surface area contributed by atoms with Crippen LogP contribution in [0.1, 0.15) is 81.8 Å². The summed E-state index contributed by atoms with van der Waals surface area (Å²) in [4.78, 5) is 77.2. The molecule has 8 rings (SSSR count). The molecule has 61 heavy (non-hydrogen) atoms. The molecule has 0 saturated carbocycles. The fourth-order valence-electron chi connectivity index (χ4n) is 8.26. The number of H-pyrrole nitrogens is 2. The van der Waals surface area contributed by atoms with Crippen LogP contribution in [0.5, 0.6) is 0 Å². The van der Waals surface area contributed by atoms with Gasteiger partial charge in [-0.15, -0.1) is 11.3 Å². The molecule has 0 bridgehead atoms. The van der Waals surface area contributed by atoms with Crippen LogP contribution in [0.3, 0.4) is 0 Å². The van der Waals surface area contributed by atoms with E-state index in [1.54, 1.807) is 22.4 Å². The summed E-state index contributed by atoms with van der Waals surface area (Å²) in [7, 11) is 1.29. The number of benzene rings is 3. The number of ether oxygens (including phenoxy) is 1. The molecule has 3 aromatic carbocycles. The van der Waals surface area contributed by atoms with Crippen molar-refractivity contribution in [3.63, 3.8) is 0 Å². The molecule has 2 aliphatic heterocycles. The van der Waals surface area contributed by atoms with Crippen LogP contribution < -0.4 is 16.0 Å². The maximum atomic E-state index is 14.1. The molecule has 15 nitrogen and oxygen atoms in total. The van der Waals surface area contributed by atoms with Gasteiger partial charge < -0.3 is 40.5 Å². The molecule has 0 unspecified atom stereocenters. The zero-order valence-corrected chi connectivity index (χ0v) is 35.4. The van der Waals surface area contributed by atoms with Crippen molar-refractivity contribution in [2.45, 2.75) is 70.6 Å². The predicted molar refractivity (Wildman–Crippen MR) is 233 cm³/mol. The van der Waals surface area contributed by atoms with Crippen molar-refractivity contribution in [1.82, 2.24) is 50.7 Å². The number of urea groups is 1. The van der Waals surface area contributed by atoms with E-state index in [1.165, 1.54) is 7.11 Å². The molecular weight excluding hydrogens is 793 g/mol. The average molecular weight is 843 g/mol. The number of alkyl carbamates (subject to hydrolysis) is 1. The number of amides is 5. The van der Waals surface area contributed by atoms with E-state index in [1.807, 2.05) is 86.5 Å². The van der Waals surface area contributed by atoms with Gasteiger partial charge in [0.25, 0.3) is 0 Å². The number of nitrogens with zero attached hydrogens (tertiary/aromatic N) is 5. The lowest BCUT2D eigenvalue weighted by atomic mass is 10.0. The molecule has 4 atom stereocenters. The first-order chi connectivity index (χ1) is 29.6. The molecule has 5 heterocycles. The zero-order valence-electron chi connectivity index (χ0n) is 34.6. The monoisotopic (exact) mass is 842 g/mol. The minimum absolute atomic E-state index is 0.111. The lowest BCUT2D eigenvalue weighted by Crippen LogP contribution is -2.51. The second kappa shape index (κ2) is 18.0. The highest BCUT2D eigenvalue weighted by Crippen LogP contribution is 2.37. The number of nitrogens with one attached hydrogen (secondary N) is 5. The molecule has 2 fully saturated rings. The van der Waals surface area contributed by atoms with E-state index < -0.39 is 18.2 Å². The second-order valence-corrected chi connectivity index (χ2v) is 16.8. The number of thiazole rings is 1. The van der Waals surface area contributed by atoms with Crippen molar-refractivity contribution in [3.8, 4) is 33.1 Å². The number of carbonyl (C=O) groups excluding carboxylic acids is 4. The molecule has 6 aromatic rings. The number of hydrogen-bond donors (Lipinski definition) is 5. The van der Waals surface area contributed by atoms with Crippen molar-refractivity contribution in [2.75, 3.05) is 26.7 Å². The first-order valence-electron chi connectivity index (χ1n) is 20.8. The molecule has 2 saturated heterocycles. The van der Waals surface area contributed by atoms with E-state index in [4.69, 9.17) is 14.7 Å². The summed E-state index contributed by atoms with van der Waals surface area (Å²) in [6, 6.07) is 21.3. The van der Waals surface area contributed by atoms with Gasteiger partial charge in [0.2, 0.25) is 11.8 Å². The topological polar surface area (TPSA) is 190 Å². The molecule has 3 aromatic heterocycles. The van der Waals surface area contributed by atoms with Crippen LogP contribution in [0, 0.1) is 5.92 Å². The van der Waals surface area contributed by atoms with Crippen LogP contribution in [0.2, 0.25) is 0 Å². The van der Waals surface area contributed by atoms with Gasteiger partial charge in [-0.25, -0.2) is 24.5 Å². The second-order valence-electron chi connectivity index (χ2n) is 15.7. The third-order valence-corrected chi connectivity index (χ3v) is 12.5. The Hall–Kier alpha value is -6.55. The number of likely N-dealkylation sites (tertiary alicyclic amines) is 2. The van der Waals surface area contributed by atoms with Crippen molar-refractivity contribution >= 4 is 45.5 Å². The smallest absolute Gasteiger partial charge is 0.407 e. The standard InChI is InChI=1S/C45H50N10O5S/c1-5-46-44(58)52-38(28-11-7-6-8-12-28)43(57)55-22-10-14-35(55)40-48-25-33(50-40)30-19-20-31-36(23-30)61-41(51-31)29-17-15-27(16-18-29)32-24-47-39(49-32)34-13-9-21-54(34)42(56)37(26(2)3)53-45(59)60-4/h6-8,11-12,15-20,23-26,34-35,37-38H,5,9-10,13-14,21-22H2,1-4H3,(H,47,49)(H,48,50)(H,53,59)(H2,46,52,58)/t34-,35-,37-,38+/m0/s1. The van der Waals surface area contributed by atoms with Gasteiger partial charge in [-0.1, -0.05) is 74.5 Å². The van der Waals surface area contributed by atoms with Crippen molar-refractivity contribution < 1.29 is 23.9 Å². The van der Waals surface area contributed by atoms with Gasteiger partial charge in [0.1, 0.15) is 28.7 Å². The Balaban J connectivity index is 0.951. The maximum absolute atomic E-state index is 14.1. The molecule has 0 aliphatic carbocycles. The van der Waals surface area contributed by atoms with Crippen LogP contribution in [0.15, 0.2) is 85.2 Å². The molecule has 316 valence electrons. The highest BCUT2D eigenvalue weighted by atomic mass is 32.1. The van der Waals surface area contributed by atoms with Crippen LogP contribution in [0.4, 0.5) is 9.59 Å². The number of hydrogen-bond acceptors (Lipinski definition) is 9. The summed E-state index contributed by atoms with van der Waals surface area (Å²) >= 11 is 1.61. The predicted octanol–water partition coefficient (Wildman–Crippen LogP) is 7.51. The van der Waals surface area contributed by atoms with Crippen molar-refractivity contribution in [2.24, 2.45) is 5.92 Å². The third kappa shape index (κ3) is 8.71. The lowest BCUT2D eigenvalue weighted by Gasteiger charge is -2.30. The van der Waals surface area contributed by atoms with E-state index in [2.05, 4.69) is 49.1 Å². The van der Waals surface area contributed by atoms with Crippen LogP contribution in [-0.2, 0) is 14.3 Å². The highest BCUT2D eigenvalue weighted by Gasteiger charge is 2.38. The summed E-state index contributed by atoms with van der Waals surface area (Å²) in [6.07, 6.45) is 6.19. The molecule has 0 radical (unpaired) electrons. The number of fused-ring (bicyclic) bond motifs is 1. The molecule has 16 heteroatoms. The summed E-state index contributed by atoms with van der Waals surface area (Å²) in [5.41, 5.74) is 6.21. The van der Waals surface area contributed by atoms with Gasteiger partial charge in [-0.2, -0.15) is 0 Å². The lowest BCUT2D eigenvalue weighted by molar-refractivity contribution is -0.135. The molecule has 5 amide bonds. The fourth-order valence-corrected chi connectivity index (χ4v) is 9.27.